The van der Waals surface area contributed by atoms with Crippen molar-refractivity contribution in [3.63, 3.8) is 0 Å². The summed E-state index contributed by atoms with van der Waals surface area (Å²) in [6.45, 7) is 6.13. The van der Waals surface area contributed by atoms with Crippen molar-refractivity contribution in [2.45, 2.75) is 19.9 Å². The van der Waals surface area contributed by atoms with Gasteiger partial charge in [-0.1, -0.05) is 43.6 Å². The normalized spacial score (nSPS) is 12.0. The van der Waals surface area contributed by atoms with Crippen LogP contribution in [-0.4, -0.2) is 35.4 Å². The minimum absolute atomic E-state index is 0.0656. The van der Waals surface area contributed by atoms with Crippen LogP contribution in [0.1, 0.15) is 35.8 Å². The molecule has 1 unspecified atom stereocenters. The average molecular weight is 391 g/mol. The molecule has 0 aliphatic heterocycles. The van der Waals surface area contributed by atoms with E-state index in [1.54, 1.807) is 0 Å². The number of nitro benzene ring substituents is 1. The summed E-state index contributed by atoms with van der Waals surface area (Å²) in [6, 6.07) is 11.7. The van der Waals surface area contributed by atoms with Gasteiger partial charge >= 0.3 is 0 Å². The first-order valence-corrected chi connectivity index (χ1v) is 9.07. The number of rotatable bonds is 9. The molecule has 8 heteroatoms. The van der Waals surface area contributed by atoms with Crippen molar-refractivity contribution in [2.75, 3.05) is 25.0 Å². The molecule has 0 aliphatic carbocycles. The minimum Gasteiger partial charge on any atom is -0.378 e. The summed E-state index contributed by atoms with van der Waals surface area (Å²) in [7, 11) is 0. The summed E-state index contributed by atoms with van der Waals surface area (Å²) in [5.41, 5.74) is 6.40. The summed E-state index contributed by atoms with van der Waals surface area (Å²) < 4.78 is 0. The zero-order valence-corrected chi connectivity index (χ0v) is 16.1. The highest BCUT2D eigenvalue weighted by atomic mass is 35.5. The number of carbonyl (C=O) groups is 1. The van der Waals surface area contributed by atoms with Crippen molar-refractivity contribution in [3.05, 3.63) is 68.7 Å². The predicted octanol–water partition coefficient (Wildman–Crippen LogP) is 3.84. The van der Waals surface area contributed by atoms with Gasteiger partial charge in [-0.3, -0.25) is 19.8 Å². The zero-order chi connectivity index (χ0) is 20.0. The lowest BCUT2D eigenvalue weighted by Gasteiger charge is -2.31. The second-order valence-corrected chi connectivity index (χ2v) is 6.40. The van der Waals surface area contributed by atoms with Crippen LogP contribution in [0, 0.1) is 10.1 Å². The Morgan fingerprint density at radius 2 is 1.93 bits per heavy atom. The number of nitrogens with zero attached hydrogens (tertiary/aromatic N) is 2. The van der Waals surface area contributed by atoms with Gasteiger partial charge in [-0.25, -0.2) is 0 Å². The minimum atomic E-state index is -0.707. The summed E-state index contributed by atoms with van der Waals surface area (Å²) in [5, 5.41) is 15.2. The van der Waals surface area contributed by atoms with Crippen molar-refractivity contribution >= 4 is 28.9 Å². The number of likely N-dealkylation sites (N-methyl/N-ethyl adjacent to an activating group) is 1. The van der Waals surface area contributed by atoms with E-state index in [-0.39, 0.29) is 17.3 Å². The zero-order valence-electron chi connectivity index (χ0n) is 15.3. The third-order valence-corrected chi connectivity index (χ3v) is 4.83. The maximum atomic E-state index is 11.4. The van der Waals surface area contributed by atoms with E-state index in [2.05, 4.69) is 24.1 Å². The van der Waals surface area contributed by atoms with E-state index in [0.717, 1.165) is 18.7 Å². The van der Waals surface area contributed by atoms with Gasteiger partial charge in [0.25, 0.3) is 5.69 Å². The first-order valence-electron chi connectivity index (χ1n) is 8.69. The fraction of sp³-hybridized carbons (Fsp3) is 0.316. The average Bonchev–Trinajstić information content (AvgIpc) is 2.65. The van der Waals surface area contributed by atoms with E-state index in [1.807, 2.05) is 24.3 Å². The van der Waals surface area contributed by atoms with E-state index in [1.165, 1.54) is 18.2 Å². The van der Waals surface area contributed by atoms with E-state index in [9.17, 15) is 14.9 Å². The lowest BCUT2D eigenvalue weighted by atomic mass is 10.0. The van der Waals surface area contributed by atoms with Crippen molar-refractivity contribution in [1.82, 2.24) is 4.90 Å². The number of anilines is 1. The SMILES string of the molecule is CCN(CC)C(CNc1ccc(C(N)=O)cc1[N+](=O)[O-])c1ccccc1Cl. The van der Waals surface area contributed by atoms with Crippen molar-refractivity contribution in [3.8, 4) is 0 Å². The molecule has 0 heterocycles. The molecule has 144 valence electrons. The third kappa shape index (κ3) is 4.96. The maximum Gasteiger partial charge on any atom is 0.293 e. The highest BCUT2D eigenvalue weighted by Crippen LogP contribution is 2.30. The Morgan fingerprint density at radius 3 is 2.48 bits per heavy atom. The smallest absolute Gasteiger partial charge is 0.293 e. The first kappa shape index (κ1) is 20.7. The molecule has 0 spiro atoms. The summed E-state index contributed by atoms with van der Waals surface area (Å²) >= 11 is 6.38. The number of nitrogens with one attached hydrogen (secondary N) is 1. The quantitative estimate of drug-likeness (QED) is 0.500. The Kier molecular flexibility index (Phi) is 7.15. The van der Waals surface area contributed by atoms with Crippen LogP contribution in [0.25, 0.3) is 0 Å². The van der Waals surface area contributed by atoms with Crippen LogP contribution in [0.5, 0.6) is 0 Å². The highest BCUT2D eigenvalue weighted by Gasteiger charge is 2.22. The van der Waals surface area contributed by atoms with Gasteiger partial charge in [0.15, 0.2) is 0 Å². The second kappa shape index (κ2) is 9.34. The Balaban J connectivity index is 2.33. The van der Waals surface area contributed by atoms with Gasteiger partial charge in [-0.15, -0.1) is 0 Å². The Labute approximate surface area is 163 Å². The van der Waals surface area contributed by atoms with Gasteiger partial charge in [-0.2, -0.15) is 0 Å². The molecule has 1 atom stereocenters. The fourth-order valence-corrected chi connectivity index (χ4v) is 3.30. The molecule has 7 nitrogen and oxygen atoms in total. The summed E-state index contributed by atoms with van der Waals surface area (Å²) in [4.78, 5) is 24.4. The molecule has 2 aromatic carbocycles. The molecule has 2 aromatic rings. The molecule has 3 N–H and O–H groups in total. The number of carbonyl (C=O) groups excluding carboxylic acids is 1. The van der Waals surface area contributed by atoms with Crippen LogP contribution in [-0.2, 0) is 0 Å². The fourth-order valence-electron chi connectivity index (χ4n) is 3.04. The molecule has 0 radical (unpaired) electrons. The highest BCUT2D eigenvalue weighted by molar-refractivity contribution is 6.31. The van der Waals surface area contributed by atoms with Crippen LogP contribution < -0.4 is 11.1 Å². The van der Waals surface area contributed by atoms with Crippen LogP contribution >= 0.6 is 11.6 Å². The molecule has 2 rings (SSSR count). The molecule has 0 fully saturated rings. The summed E-state index contributed by atoms with van der Waals surface area (Å²) in [5.74, 6) is -0.707. The monoisotopic (exact) mass is 390 g/mol. The second-order valence-electron chi connectivity index (χ2n) is 5.99. The maximum absolute atomic E-state index is 11.4. The first-order chi connectivity index (χ1) is 12.9. The van der Waals surface area contributed by atoms with E-state index >= 15 is 0 Å². The standard InChI is InChI=1S/C19H23ClN4O3/c1-3-23(4-2)18(14-7-5-6-8-15(14)20)12-22-16-10-9-13(19(21)25)11-17(16)24(26)27/h5-11,18,22H,3-4,12H2,1-2H3,(H2,21,25). The van der Waals surface area contributed by atoms with Gasteiger partial charge in [0.05, 0.1) is 11.0 Å². The van der Waals surface area contributed by atoms with Gasteiger partial charge in [0.1, 0.15) is 5.69 Å². The number of benzene rings is 2. The number of amides is 1. The number of nitro groups is 1. The van der Waals surface area contributed by atoms with Crippen molar-refractivity contribution in [1.29, 1.82) is 0 Å². The number of hydrogen-bond acceptors (Lipinski definition) is 5. The number of nitrogens with two attached hydrogens (primary N) is 1. The molecular weight excluding hydrogens is 368 g/mol. The van der Waals surface area contributed by atoms with E-state index < -0.39 is 10.8 Å². The Bertz CT molecular complexity index is 824. The summed E-state index contributed by atoms with van der Waals surface area (Å²) in [6.07, 6.45) is 0. The van der Waals surface area contributed by atoms with Gasteiger partial charge < -0.3 is 11.1 Å². The topological polar surface area (TPSA) is 102 Å². The lowest BCUT2D eigenvalue weighted by Crippen LogP contribution is -2.33. The lowest BCUT2D eigenvalue weighted by molar-refractivity contribution is -0.384. The number of primary amides is 1. The molecule has 0 bridgehead atoms. The molecule has 0 saturated carbocycles. The number of halogens is 1. The van der Waals surface area contributed by atoms with Crippen LogP contribution in [0.3, 0.4) is 0 Å². The molecule has 0 aliphatic rings. The van der Waals surface area contributed by atoms with Crippen LogP contribution in [0.2, 0.25) is 5.02 Å². The molecule has 0 aromatic heterocycles. The predicted molar refractivity (Wildman–Crippen MR) is 107 cm³/mol. The molecule has 27 heavy (non-hydrogen) atoms. The third-order valence-electron chi connectivity index (χ3n) is 4.48. The van der Waals surface area contributed by atoms with Gasteiger partial charge in [-0.05, 0) is 36.9 Å². The molecule has 0 saturated heterocycles. The van der Waals surface area contributed by atoms with Crippen molar-refractivity contribution < 1.29 is 9.72 Å². The van der Waals surface area contributed by atoms with Crippen molar-refractivity contribution in [2.24, 2.45) is 5.73 Å². The van der Waals surface area contributed by atoms with Gasteiger partial charge in [0.2, 0.25) is 5.91 Å². The van der Waals surface area contributed by atoms with E-state index in [4.69, 9.17) is 17.3 Å². The molecular formula is C19H23ClN4O3. The van der Waals surface area contributed by atoms with Crippen LogP contribution in [0.15, 0.2) is 42.5 Å². The Morgan fingerprint density at radius 1 is 1.26 bits per heavy atom. The van der Waals surface area contributed by atoms with Crippen LogP contribution in [0.4, 0.5) is 11.4 Å². The van der Waals surface area contributed by atoms with Gasteiger partial charge in [0, 0.05) is 23.2 Å². The molecule has 1 amide bonds. The number of hydrogen-bond donors (Lipinski definition) is 2. The van der Waals surface area contributed by atoms with E-state index in [0.29, 0.717) is 17.3 Å². The Hall–Kier alpha value is -2.64. The largest absolute Gasteiger partial charge is 0.378 e.